The van der Waals surface area contributed by atoms with Crippen LogP contribution in [0.25, 0.3) is 11.3 Å². The van der Waals surface area contributed by atoms with Crippen molar-refractivity contribution < 1.29 is 18.8 Å². The highest BCUT2D eigenvalue weighted by atomic mass is 35.5. The Kier molecular flexibility index (Phi) is 6.19. The van der Waals surface area contributed by atoms with Crippen LogP contribution in [0.3, 0.4) is 0 Å². The average Bonchev–Trinajstić information content (AvgIpc) is 3.05. The molecule has 0 saturated carbocycles. The highest BCUT2D eigenvalue weighted by molar-refractivity contribution is 6.33. The van der Waals surface area contributed by atoms with Gasteiger partial charge in [0.2, 0.25) is 0 Å². The molecule has 1 heterocycles. The zero-order valence-electron chi connectivity index (χ0n) is 16.2. The fourth-order valence-electron chi connectivity index (χ4n) is 2.87. The SMILES string of the molecule is Cc1cc(C)cc(OCC(=O)NNC(=O)c2c(-c3ccccc3Cl)noc2C)c1. The molecule has 0 fully saturated rings. The first-order chi connectivity index (χ1) is 13.8. The van der Waals surface area contributed by atoms with Gasteiger partial charge >= 0.3 is 0 Å². The Balaban J connectivity index is 1.63. The lowest BCUT2D eigenvalue weighted by atomic mass is 10.1. The molecule has 0 bridgehead atoms. The van der Waals surface area contributed by atoms with Crippen molar-refractivity contribution in [3.05, 3.63) is 69.9 Å². The number of carbonyl (C=O) groups excluding carboxylic acids is 2. The van der Waals surface area contributed by atoms with E-state index < -0.39 is 11.8 Å². The van der Waals surface area contributed by atoms with Crippen LogP contribution in [0.1, 0.15) is 27.2 Å². The van der Waals surface area contributed by atoms with Crippen LogP contribution >= 0.6 is 11.6 Å². The molecule has 150 valence electrons. The first kappa shape index (κ1) is 20.4. The predicted molar refractivity (Wildman–Crippen MR) is 109 cm³/mol. The van der Waals surface area contributed by atoms with Gasteiger partial charge in [0.05, 0.1) is 5.02 Å². The van der Waals surface area contributed by atoms with Gasteiger partial charge in [-0.05, 0) is 50.1 Å². The van der Waals surface area contributed by atoms with Gasteiger partial charge < -0.3 is 9.26 Å². The normalized spacial score (nSPS) is 10.5. The van der Waals surface area contributed by atoms with E-state index in [0.29, 0.717) is 27.8 Å². The number of nitrogens with zero attached hydrogens (tertiary/aromatic N) is 1. The van der Waals surface area contributed by atoms with Crippen molar-refractivity contribution >= 4 is 23.4 Å². The van der Waals surface area contributed by atoms with Crippen LogP contribution in [0.5, 0.6) is 5.75 Å². The van der Waals surface area contributed by atoms with Crippen molar-refractivity contribution in [2.24, 2.45) is 0 Å². The predicted octanol–water partition coefficient (Wildman–Crippen LogP) is 3.76. The van der Waals surface area contributed by atoms with Crippen LogP contribution in [0.15, 0.2) is 47.0 Å². The highest BCUT2D eigenvalue weighted by Crippen LogP contribution is 2.30. The molecular weight excluding hydrogens is 394 g/mol. The molecule has 29 heavy (non-hydrogen) atoms. The molecule has 7 nitrogen and oxygen atoms in total. The Labute approximate surface area is 173 Å². The van der Waals surface area contributed by atoms with Crippen LogP contribution in [0, 0.1) is 20.8 Å². The molecule has 0 saturated heterocycles. The minimum absolute atomic E-state index is 0.189. The van der Waals surface area contributed by atoms with Gasteiger partial charge in [-0.15, -0.1) is 0 Å². The molecule has 0 radical (unpaired) electrons. The summed E-state index contributed by atoms with van der Waals surface area (Å²) in [4.78, 5) is 24.6. The van der Waals surface area contributed by atoms with Crippen molar-refractivity contribution in [1.29, 1.82) is 0 Å². The van der Waals surface area contributed by atoms with Gasteiger partial charge in [-0.1, -0.05) is 41.0 Å². The molecular formula is C21H20ClN3O4. The topological polar surface area (TPSA) is 93.5 Å². The molecule has 3 aromatic rings. The van der Waals surface area contributed by atoms with Crippen LogP contribution in [-0.4, -0.2) is 23.6 Å². The largest absolute Gasteiger partial charge is 0.484 e. The number of hydrogen-bond acceptors (Lipinski definition) is 5. The Morgan fingerprint density at radius 2 is 1.76 bits per heavy atom. The number of amides is 2. The lowest BCUT2D eigenvalue weighted by Gasteiger charge is -2.10. The maximum Gasteiger partial charge on any atom is 0.276 e. The maximum atomic E-state index is 12.6. The molecule has 2 amide bonds. The molecule has 0 aliphatic carbocycles. The first-order valence-corrected chi connectivity index (χ1v) is 9.24. The monoisotopic (exact) mass is 413 g/mol. The Hall–Kier alpha value is -3.32. The fraction of sp³-hybridized carbons (Fsp3) is 0.190. The molecule has 8 heteroatoms. The van der Waals surface area contributed by atoms with Crippen molar-refractivity contribution in [2.45, 2.75) is 20.8 Å². The minimum Gasteiger partial charge on any atom is -0.484 e. The molecule has 1 aromatic heterocycles. The van der Waals surface area contributed by atoms with Crippen molar-refractivity contribution in [3.63, 3.8) is 0 Å². The maximum absolute atomic E-state index is 12.6. The van der Waals surface area contributed by atoms with Crippen LogP contribution in [0.4, 0.5) is 0 Å². The third kappa shape index (κ3) is 4.94. The van der Waals surface area contributed by atoms with Crippen molar-refractivity contribution in [1.82, 2.24) is 16.0 Å². The van der Waals surface area contributed by atoms with E-state index in [2.05, 4.69) is 16.0 Å². The lowest BCUT2D eigenvalue weighted by molar-refractivity contribution is -0.123. The molecule has 0 aliphatic heterocycles. The van der Waals surface area contributed by atoms with E-state index in [-0.39, 0.29) is 12.2 Å². The second-order valence-electron chi connectivity index (χ2n) is 6.56. The fourth-order valence-corrected chi connectivity index (χ4v) is 3.09. The van der Waals surface area contributed by atoms with Gasteiger partial charge in [0.25, 0.3) is 11.8 Å². The number of carbonyl (C=O) groups is 2. The zero-order chi connectivity index (χ0) is 21.0. The van der Waals surface area contributed by atoms with Crippen LogP contribution in [0.2, 0.25) is 5.02 Å². The van der Waals surface area contributed by atoms with Gasteiger partial charge in [-0.2, -0.15) is 0 Å². The first-order valence-electron chi connectivity index (χ1n) is 8.86. The number of nitrogens with one attached hydrogen (secondary N) is 2. The van der Waals surface area contributed by atoms with E-state index >= 15 is 0 Å². The molecule has 2 aromatic carbocycles. The van der Waals surface area contributed by atoms with E-state index in [9.17, 15) is 9.59 Å². The van der Waals surface area contributed by atoms with Crippen LogP contribution in [-0.2, 0) is 4.79 Å². The summed E-state index contributed by atoms with van der Waals surface area (Å²) in [6.45, 7) is 5.24. The second-order valence-corrected chi connectivity index (χ2v) is 6.96. The van der Waals surface area contributed by atoms with E-state index in [1.807, 2.05) is 32.0 Å². The zero-order valence-corrected chi connectivity index (χ0v) is 17.0. The summed E-state index contributed by atoms with van der Waals surface area (Å²) in [6, 6.07) is 12.6. The van der Waals surface area contributed by atoms with Gasteiger partial charge in [0.15, 0.2) is 6.61 Å². The van der Waals surface area contributed by atoms with Gasteiger partial charge in [-0.3, -0.25) is 20.4 Å². The second kappa shape index (κ2) is 8.79. The van der Waals surface area contributed by atoms with E-state index in [1.54, 1.807) is 31.2 Å². The number of benzene rings is 2. The number of ether oxygens (including phenoxy) is 1. The Morgan fingerprint density at radius 3 is 2.45 bits per heavy atom. The molecule has 0 atom stereocenters. The number of rotatable bonds is 5. The van der Waals surface area contributed by atoms with Crippen LogP contribution < -0.4 is 15.6 Å². The highest BCUT2D eigenvalue weighted by Gasteiger charge is 2.23. The smallest absolute Gasteiger partial charge is 0.276 e. The van der Waals surface area contributed by atoms with Gasteiger partial charge in [0, 0.05) is 5.56 Å². The molecule has 0 aliphatic rings. The number of aromatic nitrogens is 1. The summed E-state index contributed by atoms with van der Waals surface area (Å²) in [7, 11) is 0. The van der Waals surface area contributed by atoms with Crippen molar-refractivity contribution in [2.75, 3.05) is 6.61 Å². The summed E-state index contributed by atoms with van der Waals surface area (Å²) in [5.41, 5.74) is 7.78. The van der Waals surface area contributed by atoms with E-state index in [1.165, 1.54) is 0 Å². The molecule has 2 N–H and O–H groups in total. The molecule has 3 rings (SSSR count). The van der Waals surface area contributed by atoms with Crippen molar-refractivity contribution in [3.8, 4) is 17.0 Å². The Bertz CT molecular complexity index is 1040. The summed E-state index contributed by atoms with van der Waals surface area (Å²) >= 11 is 6.19. The third-order valence-corrected chi connectivity index (χ3v) is 4.43. The number of halogens is 1. The summed E-state index contributed by atoms with van der Waals surface area (Å²) in [6.07, 6.45) is 0. The van der Waals surface area contributed by atoms with E-state index in [4.69, 9.17) is 20.9 Å². The standard InChI is InChI=1S/C21H20ClN3O4/c1-12-8-13(2)10-15(9-12)28-11-18(26)23-24-21(27)19-14(3)29-25-20(19)16-6-4-5-7-17(16)22/h4-10H,11H2,1-3H3,(H,23,26)(H,24,27). The molecule has 0 spiro atoms. The minimum atomic E-state index is -0.571. The average molecular weight is 414 g/mol. The number of hydrogen-bond donors (Lipinski definition) is 2. The molecule has 0 unspecified atom stereocenters. The summed E-state index contributed by atoms with van der Waals surface area (Å²) < 4.78 is 10.6. The number of hydrazine groups is 1. The van der Waals surface area contributed by atoms with E-state index in [0.717, 1.165) is 11.1 Å². The quantitative estimate of drug-likeness (QED) is 0.621. The Morgan fingerprint density at radius 1 is 1.07 bits per heavy atom. The summed E-state index contributed by atoms with van der Waals surface area (Å²) in [5, 5.41) is 4.36. The lowest BCUT2D eigenvalue weighted by Crippen LogP contribution is -2.44. The number of aryl methyl sites for hydroxylation is 3. The third-order valence-electron chi connectivity index (χ3n) is 4.10. The summed E-state index contributed by atoms with van der Waals surface area (Å²) in [5.74, 6) is -0.192. The van der Waals surface area contributed by atoms with Gasteiger partial charge in [-0.25, -0.2) is 0 Å². The van der Waals surface area contributed by atoms with Gasteiger partial charge in [0.1, 0.15) is 22.8 Å².